The molecular weight excluding hydrogens is 270 g/mol. The van der Waals surface area contributed by atoms with Crippen molar-refractivity contribution in [3.63, 3.8) is 0 Å². The Labute approximate surface area is 122 Å². The zero-order chi connectivity index (χ0) is 15.4. The van der Waals surface area contributed by atoms with Crippen molar-refractivity contribution < 1.29 is 9.66 Å². The van der Waals surface area contributed by atoms with E-state index in [1.165, 1.54) is 12.1 Å². The monoisotopic (exact) mass is 287 g/mol. The number of nitrogens with zero attached hydrogens (tertiary/aromatic N) is 2. The molecule has 0 aliphatic heterocycles. The molecule has 1 N–H and O–H groups in total. The molecule has 0 radical (unpaired) electrons. The third-order valence-corrected chi connectivity index (χ3v) is 3.29. The van der Waals surface area contributed by atoms with Gasteiger partial charge in [0.05, 0.1) is 11.0 Å². The summed E-state index contributed by atoms with van der Waals surface area (Å²) >= 11 is 0. The van der Waals surface area contributed by atoms with Gasteiger partial charge in [-0.2, -0.15) is 0 Å². The van der Waals surface area contributed by atoms with E-state index >= 15 is 0 Å². The maximum absolute atomic E-state index is 10.8. The fourth-order valence-corrected chi connectivity index (χ4v) is 1.84. The first-order chi connectivity index (χ1) is 10.0. The SMILES string of the molecule is CNC(C)c1ccnc(Oc2cc([N+](=O)[O-])ccc2C)c1. The van der Waals surface area contributed by atoms with Gasteiger partial charge >= 0.3 is 0 Å². The molecule has 110 valence electrons. The van der Waals surface area contributed by atoms with Crippen molar-refractivity contribution in [2.75, 3.05) is 7.05 Å². The van der Waals surface area contributed by atoms with Crippen LogP contribution in [0.2, 0.25) is 0 Å². The fourth-order valence-electron chi connectivity index (χ4n) is 1.84. The Balaban J connectivity index is 2.29. The van der Waals surface area contributed by atoms with Crippen LogP contribution in [0.5, 0.6) is 11.6 Å². The predicted molar refractivity (Wildman–Crippen MR) is 79.6 cm³/mol. The van der Waals surface area contributed by atoms with Gasteiger partial charge in [-0.25, -0.2) is 4.98 Å². The molecule has 6 nitrogen and oxygen atoms in total. The second-order valence-electron chi connectivity index (χ2n) is 4.75. The smallest absolute Gasteiger partial charge is 0.273 e. The number of hydrogen-bond donors (Lipinski definition) is 1. The number of aryl methyl sites for hydroxylation is 1. The minimum atomic E-state index is -0.445. The Kier molecular flexibility index (Phi) is 4.49. The number of pyridine rings is 1. The Morgan fingerprint density at radius 2 is 2.10 bits per heavy atom. The molecule has 0 saturated carbocycles. The van der Waals surface area contributed by atoms with Crippen molar-refractivity contribution in [2.24, 2.45) is 0 Å². The van der Waals surface area contributed by atoms with Crippen LogP contribution in [0.4, 0.5) is 5.69 Å². The summed E-state index contributed by atoms with van der Waals surface area (Å²) < 4.78 is 5.69. The number of nitro benzene ring substituents is 1. The molecule has 0 fully saturated rings. The number of benzene rings is 1. The van der Waals surface area contributed by atoms with Crippen LogP contribution in [0.15, 0.2) is 36.5 Å². The second kappa shape index (κ2) is 6.32. The van der Waals surface area contributed by atoms with E-state index in [4.69, 9.17) is 4.74 Å². The summed E-state index contributed by atoms with van der Waals surface area (Å²) in [6.45, 7) is 3.86. The van der Waals surface area contributed by atoms with Crippen LogP contribution in [0, 0.1) is 17.0 Å². The Morgan fingerprint density at radius 1 is 1.33 bits per heavy atom. The first kappa shape index (κ1) is 14.9. The molecule has 1 aromatic carbocycles. The highest BCUT2D eigenvalue weighted by molar-refractivity contribution is 5.45. The van der Waals surface area contributed by atoms with E-state index in [9.17, 15) is 10.1 Å². The summed E-state index contributed by atoms with van der Waals surface area (Å²) in [5.74, 6) is 0.851. The molecule has 2 rings (SSSR count). The quantitative estimate of drug-likeness (QED) is 0.674. The topological polar surface area (TPSA) is 77.3 Å². The van der Waals surface area contributed by atoms with Crippen molar-refractivity contribution in [3.05, 3.63) is 57.8 Å². The van der Waals surface area contributed by atoms with E-state index in [-0.39, 0.29) is 11.7 Å². The number of rotatable bonds is 5. The number of nitrogens with one attached hydrogen (secondary N) is 1. The molecule has 1 unspecified atom stereocenters. The lowest BCUT2D eigenvalue weighted by atomic mass is 10.1. The van der Waals surface area contributed by atoms with E-state index in [0.29, 0.717) is 11.6 Å². The van der Waals surface area contributed by atoms with Crippen LogP contribution in [0.3, 0.4) is 0 Å². The summed E-state index contributed by atoms with van der Waals surface area (Å²) in [7, 11) is 1.87. The lowest BCUT2D eigenvalue weighted by Gasteiger charge is -2.12. The van der Waals surface area contributed by atoms with Gasteiger partial charge in [0.15, 0.2) is 0 Å². The fraction of sp³-hybridized carbons (Fsp3) is 0.267. The minimum Gasteiger partial charge on any atom is -0.438 e. The third-order valence-electron chi connectivity index (χ3n) is 3.29. The highest BCUT2D eigenvalue weighted by Crippen LogP contribution is 2.28. The number of aromatic nitrogens is 1. The molecule has 0 spiro atoms. The Hall–Kier alpha value is -2.47. The maximum Gasteiger partial charge on any atom is 0.273 e. The van der Waals surface area contributed by atoms with Crippen molar-refractivity contribution >= 4 is 5.69 Å². The van der Waals surface area contributed by atoms with Gasteiger partial charge in [-0.15, -0.1) is 0 Å². The molecule has 0 amide bonds. The van der Waals surface area contributed by atoms with Crippen LogP contribution in [-0.4, -0.2) is 17.0 Å². The molecule has 0 aliphatic carbocycles. The van der Waals surface area contributed by atoms with Gasteiger partial charge in [0.2, 0.25) is 5.88 Å². The highest BCUT2D eigenvalue weighted by Gasteiger charge is 2.11. The van der Waals surface area contributed by atoms with Crippen LogP contribution in [0.25, 0.3) is 0 Å². The first-order valence-electron chi connectivity index (χ1n) is 6.57. The second-order valence-corrected chi connectivity index (χ2v) is 4.75. The van der Waals surface area contributed by atoms with Crippen molar-refractivity contribution in [2.45, 2.75) is 19.9 Å². The summed E-state index contributed by atoms with van der Waals surface area (Å²) in [5, 5.41) is 14.0. The van der Waals surface area contributed by atoms with E-state index in [1.807, 2.05) is 33.0 Å². The number of non-ortho nitro benzene ring substituents is 1. The highest BCUT2D eigenvalue weighted by atomic mass is 16.6. The molecule has 21 heavy (non-hydrogen) atoms. The van der Waals surface area contributed by atoms with E-state index in [2.05, 4.69) is 10.3 Å². The molecule has 0 aliphatic rings. The van der Waals surface area contributed by atoms with Crippen LogP contribution < -0.4 is 10.1 Å². The first-order valence-corrected chi connectivity index (χ1v) is 6.57. The van der Waals surface area contributed by atoms with Crippen molar-refractivity contribution in [3.8, 4) is 11.6 Å². The van der Waals surface area contributed by atoms with Crippen molar-refractivity contribution in [1.82, 2.24) is 10.3 Å². The normalized spacial score (nSPS) is 12.0. The molecule has 1 atom stereocenters. The molecule has 0 saturated heterocycles. The summed E-state index contributed by atoms with van der Waals surface area (Å²) in [4.78, 5) is 14.5. The largest absolute Gasteiger partial charge is 0.438 e. The summed E-state index contributed by atoms with van der Waals surface area (Å²) in [6.07, 6.45) is 1.66. The standard InChI is InChI=1S/C15H17N3O3/c1-10-4-5-13(18(19)20)9-14(10)21-15-8-12(6-7-17-15)11(2)16-3/h4-9,11,16H,1-3H3. The molecule has 2 aromatic rings. The van der Waals surface area contributed by atoms with Gasteiger partial charge in [0.1, 0.15) is 5.75 Å². The van der Waals surface area contributed by atoms with Crippen molar-refractivity contribution in [1.29, 1.82) is 0 Å². The predicted octanol–water partition coefficient (Wildman–Crippen LogP) is 3.37. The minimum absolute atomic E-state index is 0.00431. The lowest BCUT2D eigenvalue weighted by Crippen LogP contribution is -2.12. The molecule has 6 heteroatoms. The van der Waals surface area contributed by atoms with Gasteiger partial charge in [0, 0.05) is 24.4 Å². The molecule has 1 heterocycles. The molecular formula is C15H17N3O3. The van der Waals surface area contributed by atoms with Crippen LogP contribution in [-0.2, 0) is 0 Å². The maximum atomic E-state index is 10.8. The molecule has 1 aromatic heterocycles. The van der Waals surface area contributed by atoms with Gasteiger partial charge in [-0.05, 0) is 44.2 Å². The Morgan fingerprint density at radius 3 is 2.76 bits per heavy atom. The zero-order valence-corrected chi connectivity index (χ0v) is 12.2. The third kappa shape index (κ3) is 3.55. The van der Waals surface area contributed by atoms with Gasteiger partial charge < -0.3 is 10.1 Å². The van der Waals surface area contributed by atoms with E-state index in [0.717, 1.165) is 11.1 Å². The number of ether oxygens (including phenoxy) is 1. The number of nitro groups is 1. The number of hydrogen-bond acceptors (Lipinski definition) is 5. The Bertz CT molecular complexity index is 658. The average molecular weight is 287 g/mol. The zero-order valence-electron chi connectivity index (χ0n) is 12.2. The van der Waals surface area contributed by atoms with Crippen LogP contribution >= 0.6 is 0 Å². The lowest BCUT2D eigenvalue weighted by molar-refractivity contribution is -0.384. The van der Waals surface area contributed by atoms with Gasteiger partial charge in [-0.3, -0.25) is 10.1 Å². The van der Waals surface area contributed by atoms with E-state index in [1.54, 1.807) is 12.3 Å². The van der Waals surface area contributed by atoms with Gasteiger partial charge in [0.25, 0.3) is 5.69 Å². The van der Waals surface area contributed by atoms with Crippen LogP contribution in [0.1, 0.15) is 24.1 Å². The van der Waals surface area contributed by atoms with E-state index < -0.39 is 4.92 Å². The van der Waals surface area contributed by atoms with Gasteiger partial charge in [-0.1, -0.05) is 0 Å². The summed E-state index contributed by atoms with van der Waals surface area (Å²) in [6, 6.07) is 8.41. The molecule has 0 bridgehead atoms. The summed E-state index contributed by atoms with van der Waals surface area (Å²) in [5.41, 5.74) is 1.84. The average Bonchev–Trinajstić information content (AvgIpc) is 2.48.